The summed E-state index contributed by atoms with van der Waals surface area (Å²) in [7, 11) is 0. The van der Waals surface area contributed by atoms with E-state index in [1.54, 1.807) is 0 Å². The van der Waals surface area contributed by atoms with Crippen molar-refractivity contribution in [3.05, 3.63) is 22.7 Å². The fourth-order valence-electron chi connectivity index (χ4n) is 1.44. The Kier molecular flexibility index (Phi) is 4.62. The molecule has 1 aromatic rings. The number of nitrogens with one attached hydrogen (secondary N) is 1. The molecule has 4 heteroatoms. The maximum Gasteiger partial charge on any atom is 0.0797 e. The van der Waals surface area contributed by atoms with Gasteiger partial charge in [-0.2, -0.15) is 0 Å². The molecule has 0 aliphatic carbocycles. The zero-order valence-corrected chi connectivity index (χ0v) is 11.6. The van der Waals surface area contributed by atoms with Crippen LogP contribution in [0.1, 0.15) is 20.8 Å². The third-order valence-corrected chi connectivity index (χ3v) is 2.75. The molecule has 0 bridgehead atoms. The predicted molar refractivity (Wildman–Crippen MR) is 72.7 cm³/mol. The smallest absolute Gasteiger partial charge is 0.0797 e. The van der Waals surface area contributed by atoms with Gasteiger partial charge in [-0.1, -0.05) is 15.9 Å². The van der Waals surface area contributed by atoms with Gasteiger partial charge in [0, 0.05) is 17.6 Å². The fraction of sp³-hybridized carbons (Fsp3) is 0.500. The quantitative estimate of drug-likeness (QED) is 0.817. The van der Waals surface area contributed by atoms with E-state index in [9.17, 15) is 0 Å². The second-order valence-electron chi connectivity index (χ2n) is 4.28. The van der Waals surface area contributed by atoms with E-state index in [0.717, 1.165) is 22.4 Å². The van der Waals surface area contributed by atoms with Crippen molar-refractivity contribution in [2.75, 3.05) is 24.2 Å². The molecule has 1 aromatic carbocycles. The summed E-state index contributed by atoms with van der Waals surface area (Å²) in [5.74, 6) is 0. The average Bonchev–Trinajstić information content (AvgIpc) is 2.16. The fourth-order valence-corrected chi connectivity index (χ4v) is 1.82. The zero-order chi connectivity index (χ0) is 12.2. The molecule has 0 aliphatic rings. The number of ether oxygens (including phenoxy) is 1. The Hall–Kier alpha value is -0.740. The van der Waals surface area contributed by atoms with Crippen LogP contribution in [-0.4, -0.2) is 18.8 Å². The van der Waals surface area contributed by atoms with Gasteiger partial charge < -0.3 is 15.8 Å². The summed E-state index contributed by atoms with van der Waals surface area (Å²) >= 11 is 3.38. The molecule has 0 unspecified atom stereocenters. The highest BCUT2D eigenvalue weighted by molar-refractivity contribution is 9.10. The molecule has 0 heterocycles. The van der Waals surface area contributed by atoms with Crippen molar-refractivity contribution in [2.45, 2.75) is 26.4 Å². The van der Waals surface area contributed by atoms with Crippen LogP contribution in [-0.2, 0) is 4.74 Å². The molecule has 16 heavy (non-hydrogen) atoms. The number of anilines is 2. The highest BCUT2D eigenvalue weighted by Crippen LogP contribution is 2.23. The molecule has 90 valence electrons. The van der Waals surface area contributed by atoms with Crippen LogP contribution in [0.25, 0.3) is 0 Å². The Morgan fingerprint density at radius 3 is 2.69 bits per heavy atom. The van der Waals surface area contributed by atoms with Gasteiger partial charge in [0.2, 0.25) is 0 Å². The van der Waals surface area contributed by atoms with Crippen molar-refractivity contribution < 1.29 is 4.74 Å². The number of halogens is 1. The maximum absolute atomic E-state index is 5.89. The monoisotopic (exact) mass is 286 g/mol. The number of nitrogen functional groups attached to an aromatic ring is 1. The molecule has 0 aromatic heterocycles. The van der Waals surface area contributed by atoms with Gasteiger partial charge in [0.15, 0.2) is 0 Å². The van der Waals surface area contributed by atoms with Crippen molar-refractivity contribution in [3.8, 4) is 0 Å². The molecule has 3 N–H and O–H groups in total. The molecule has 0 saturated heterocycles. The molecule has 3 nitrogen and oxygen atoms in total. The highest BCUT2D eigenvalue weighted by atomic mass is 79.9. The molecule has 0 radical (unpaired) electrons. The average molecular weight is 287 g/mol. The minimum absolute atomic E-state index is 0.186. The second-order valence-corrected chi connectivity index (χ2v) is 5.19. The van der Waals surface area contributed by atoms with Crippen molar-refractivity contribution in [3.63, 3.8) is 0 Å². The first-order valence-corrected chi connectivity index (χ1v) is 6.17. The zero-order valence-electron chi connectivity index (χ0n) is 10.0. The molecule has 0 spiro atoms. The number of benzene rings is 1. The van der Waals surface area contributed by atoms with Gasteiger partial charge in [-0.3, -0.25) is 0 Å². The van der Waals surface area contributed by atoms with Crippen LogP contribution in [0.4, 0.5) is 11.4 Å². The van der Waals surface area contributed by atoms with Crippen molar-refractivity contribution >= 4 is 27.3 Å². The number of hydrogen-bond acceptors (Lipinski definition) is 3. The molecule has 0 fully saturated rings. The van der Waals surface area contributed by atoms with Gasteiger partial charge in [0.1, 0.15) is 0 Å². The second kappa shape index (κ2) is 5.55. The lowest BCUT2D eigenvalue weighted by molar-refractivity contribution is 0.000710. The summed E-state index contributed by atoms with van der Waals surface area (Å²) in [6.07, 6.45) is 0. The number of rotatable bonds is 5. The minimum atomic E-state index is -0.186. The third kappa shape index (κ3) is 4.02. The molecule has 0 amide bonds. The summed E-state index contributed by atoms with van der Waals surface area (Å²) in [6.45, 7) is 7.55. The molecule has 0 atom stereocenters. The van der Waals surface area contributed by atoms with E-state index in [2.05, 4.69) is 35.1 Å². The molecule has 0 saturated carbocycles. The summed E-state index contributed by atoms with van der Waals surface area (Å²) in [5.41, 5.74) is 7.38. The SMILES string of the molecule is CCOC(C)(C)CNc1ccc(Br)cc1N. The first kappa shape index (κ1) is 13.3. The lowest BCUT2D eigenvalue weighted by Gasteiger charge is -2.25. The summed E-state index contributed by atoms with van der Waals surface area (Å²) in [5, 5.41) is 3.29. The van der Waals surface area contributed by atoms with Crippen LogP contribution in [0.3, 0.4) is 0 Å². The Balaban J connectivity index is 2.61. The van der Waals surface area contributed by atoms with Gasteiger partial charge in [0.25, 0.3) is 0 Å². The van der Waals surface area contributed by atoms with Crippen LogP contribution in [0.5, 0.6) is 0 Å². The largest absolute Gasteiger partial charge is 0.397 e. The van der Waals surface area contributed by atoms with E-state index in [1.165, 1.54) is 0 Å². The van der Waals surface area contributed by atoms with Crippen molar-refractivity contribution in [1.82, 2.24) is 0 Å². The normalized spacial score (nSPS) is 11.5. The van der Waals surface area contributed by atoms with E-state index in [1.807, 2.05) is 25.1 Å². The third-order valence-electron chi connectivity index (χ3n) is 2.25. The van der Waals surface area contributed by atoms with Crippen molar-refractivity contribution in [2.24, 2.45) is 0 Å². The predicted octanol–water partition coefficient (Wildman–Crippen LogP) is 3.26. The molecular weight excluding hydrogens is 268 g/mol. The number of hydrogen-bond donors (Lipinski definition) is 2. The first-order chi connectivity index (χ1) is 7.44. The Bertz CT molecular complexity index is 353. The summed E-state index contributed by atoms with van der Waals surface area (Å²) in [6, 6.07) is 5.81. The van der Waals surface area contributed by atoms with Gasteiger partial charge in [-0.05, 0) is 39.0 Å². The van der Waals surface area contributed by atoms with E-state index in [0.29, 0.717) is 6.61 Å². The van der Waals surface area contributed by atoms with Crippen LogP contribution >= 0.6 is 15.9 Å². The van der Waals surface area contributed by atoms with E-state index >= 15 is 0 Å². The van der Waals surface area contributed by atoms with E-state index in [-0.39, 0.29) is 5.60 Å². The first-order valence-electron chi connectivity index (χ1n) is 5.37. The van der Waals surface area contributed by atoms with Crippen molar-refractivity contribution in [1.29, 1.82) is 0 Å². The van der Waals surface area contributed by atoms with Gasteiger partial charge in [-0.15, -0.1) is 0 Å². The summed E-state index contributed by atoms with van der Waals surface area (Å²) < 4.78 is 6.59. The van der Waals surface area contributed by atoms with Crippen LogP contribution in [0, 0.1) is 0 Å². The van der Waals surface area contributed by atoms with Crippen LogP contribution in [0.2, 0.25) is 0 Å². The van der Waals surface area contributed by atoms with Gasteiger partial charge in [0.05, 0.1) is 17.0 Å². The highest BCUT2D eigenvalue weighted by Gasteiger charge is 2.17. The molecule has 0 aliphatic heterocycles. The summed E-state index contributed by atoms with van der Waals surface area (Å²) in [4.78, 5) is 0. The van der Waals surface area contributed by atoms with Gasteiger partial charge >= 0.3 is 0 Å². The molecule has 1 rings (SSSR count). The van der Waals surface area contributed by atoms with Crippen LogP contribution < -0.4 is 11.1 Å². The maximum atomic E-state index is 5.89. The topological polar surface area (TPSA) is 47.3 Å². The Morgan fingerprint density at radius 2 is 2.12 bits per heavy atom. The van der Waals surface area contributed by atoms with Gasteiger partial charge in [-0.25, -0.2) is 0 Å². The van der Waals surface area contributed by atoms with E-state index < -0.39 is 0 Å². The number of nitrogens with two attached hydrogens (primary N) is 1. The lowest BCUT2D eigenvalue weighted by atomic mass is 10.1. The molecular formula is C12H19BrN2O. The van der Waals surface area contributed by atoms with E-state index in [4.69, 9.17) is 10.5 Å². The Labute approximate surface area is 105 Å². The Morgan fingerprint density at radius 1 is 1.44 bits per heavy atom. The van der Waals surface area contributed by atoms with Crippen LogP contribution in [0.15, 0.2) is 22.7 Å². The minimum Gasteiger partial charge on any atom is -0.397 e. The standard InChI is InChI=1S/C12H19BrN2O/c1-4-16-12(2,3)8-15-11-6-5-9(13)7-10(11)14/h5-7,15H,4,8,14H2,1-3H3. The lowest BCUT2D eigenvalue weighted by Crippen LogP contribution is -2.33.